The van der Waals surface area contributed by atoms with E-state index in [4.69, 9.17) is 4.74 Å². The number of hydrogen-bond acceptors (Lipinski definition) is 4. The highest BCUT2D eigenvalue weighted by atomic mass is 32.2. The quantitative estimate of drug-likeness (QED) is 0.397. The van der Waals surface area contributed by atoms with Crippen LogP contribution in [-0.4, -0.2) is 14.9 Å². The molecule has 32 heavy (non-hydrogen) atoms. The summed E-state index contributed by atoms with van der Waals surface area (Å²) < 4.78 is 8.03. The number of hydrogen-bond donors (Lipinski definition) is 1. The van der Waals surface area contributed by atoms with Crippen molar-refractivity contribution in [2.75, 3.05) is 0 Å². The first-order chi connectivity index (χ1) is 15.7. The number of thioether (sulfide) groups is 1. The van der Waals surface area contributed by atoms with E-state index < -0.39 is 0 Å². The Morgan fingerprint density at radius 2 is 1.62 bits per heavy atom. The van der Waals surface area contributed by atoms with Crippen LogP contribution in [0.4, 0.5) is 4.79 Å². The number of ether oxygens (including phenoxy) is 1. The van der Waals surface area contributed by atoms with Crippen LogP contribution in [0.15, 0.2) is 90.8 Å². The number of fused-ring (bicyclic) bond motifs is 1. The van der Waals surface area contributed by atoms with Crippen LogP contribution >= 0.6 is 11.8 Å². The van der Waals surface area contributed by atoms with Gasteiger partial charge in [0, 0.05) is 41.0 Å². The number of rotatable bonds is 6. The largest absolute Gasteiger partial charge is 0.489 e. The van der Waals surface area contributed by atoms with Crippen LogP contribution in [0.3, 0.4) is 0 Å². The Bertz CT molecular complexity index is 1320. The van der Waals surface area contributed by atoms with Gasteiger partial charge in [0.15, 0.2) is 0 Å². The van der Waals surface area contributed by atoms with Crippen LogP contribution in [0.5, 0.6) is 5.75 Å². The van der Waals surface area contributed by atoms with Crippen LogP contribution in [-0.2, 0) is 17.9 Å². The molecule has 3 aromatic carbocycles. The summed E-state index contributed by atoms with van der Waals surface area (Å²) in [5.41, 5.74) is 4.55. The van der Waals surface area contributed by atoms with E-state index in [1.165, 1.54) is 0 Å². The van der Waals surface area contributed by atoms with Crippen molar-refractivity contribution in [1.82, 2.24) is 9.88 Å². The lowest BCUT2D eigenvalue weighted by molar-refractivity contribution is -0.107. The molecule has 5 nitrogen and oxygen atoms in total. The zero-order valence-corrected chi connectivity index (χ0v) is 18.0. The summed E-state index contributed by atoms with van der Waals surface area (Å²) in [7, 11) is 0. The SMILES string of the molecule is O=C1NC(=Cc2cn(Cc3ccc(OCc4ccccc4)cc3)c3ccccc23)C(=O)S1. The van der Waals surface area contributed by atoms with E-state index >= 15 is 0 Å². The van der Waals surface area contributed by atoms with Crippen LogP contribution in [0.25, 0.3) is 17.0 Å². The molecular formula is C26H20N2O3S. The molecule has 1 aliphatic rings. The molecule has 1 N–H and O–H groups in total. The molecular weight excluding hydrogens is 420 g/mol. The minimum absolute atomic E-state index is 0.252. The van der Waals surface area contributed by atoms with Crippen molar-refractivity contribution >= 4 is 39.1 Å². The Kier molecular flexibility index (Phi) is 5.52. The molecule has 1 fully saturated rings. The molecule has 5 rings (SSSR count). The minimum Gasteiger partial charge on any atom is -0.489 e. The van der Waals surface area contributed by atoms with Crippen molar-refractivity contribution in [2.24, 2.45) is 0 Å². The van der Waals surface area contributed by atoms with Gasteiger partial charge in [0.2, 0.25) is 5.12 Å². The zero-order chi connectivity index (χ0) is 21.9. The third-order valence-corrected chi connectivity index (χ3v) is 5.98. The molecule has 1 aromatic heterocycles. The number of benzene rings is 3. The first-order valence-corrected chi connectivity index (χ1v) is 11.1. The van der Waals surface area contributed by atoms with Crippen molar-refractivity contribution in [3.8, 4) is 5.75 Å². The lowest BCUT2D eigenvalue weighted by atomic mass is 10.1. The number of carbonyl (C=O) groups excluding carboxylic acids is 2. The molecule has 1 saturated heterocycles. The Labute approximate surface area is 189 Å². The third-order valence-electron chi connectivity index (χ3n) is 5.29. The fraction of sp³-hybridized carbons (Fsp3) is 0.0769. The first-order valence-electron chi connectivity index (χ1n) is 10.2. The summed E-state index contributed by atoms with van der Waals surface area (Å²) in [6, 6.07) is 26.2. The molecule has 0 saturated carbocycles. The van der Waals surface area contributed by atoms with Gasteiger partial charge in [-0.15, -0.1) is 0 Å². The van der Waals surface area contributed by atoms with Gasteiger partial charge >= 0.3 is 0 Å². The number of amides is 1. The van der Waals surface area contributed by atoms with Gasteiger partial charge < -0.3 is 14.6 Å². The maximum absolute atomic E-state index is 12.0. The Morgan fingerprint density at radius 3 is 2.38 bits per heavy atom. The predicted molar refractivity (Wildman–Crippen MR) is 127 cm³/mol. The zero-order valence-electron chi connectivity index (χ0n) is 17.2. The predicted octanol–water partition coefficient (Wildman–Crippen LogP) is 5.59. The van der Waals surface area contributed by atoms with E-state index in [-0.39, 0.29) is 10.4 Å². The fourth-order valence-electron chi connectivity index (χ4n) is 3.73. The number of nitrogens with one attached hydrogen (secondary N) is 1. The molecule has 2 heterocycles. The minimum atomic E-state index is -0.334. The molecule has 158 valence electrons. The van der Waals surface area contributed by atoms with E-state index in [1.807, 2.05) is 66.9 Å². The molecule has 6 heteroatoms. The summed E-state index contributed by atoms with van der Waals surface area (Å²) >= 11 is 0.690. The molecule has 1 amide bonds. The highest BCUT2D eigenvalue weighted by molar-refractivity contribution is 8.27. The Balaban J connectivity index is 1.36. The second kappa shape index (κ2) is 8.77. The van der Waals surface area contributed by atoms with E-state index in [1.54, 1.807) is 6.08 Å². The Morgan fingerprint density at radius 1 is 0.875 bits per heavy atom. The van der Waals surface area contributed by atoms with Crippen LogP contribution < -0.4 is 10.1 Å². The van der Waals surface area contributed by atoms with Gasteiger partial charge in [0.05, 0.1) is 5.70 Å². The van der Waals surface area contributed by atoms with E-state index in [0.717, 1.165) is 33.3 Å². The molecule has 0 atom stereocenters. The summed E-state index contributed by atoms with van der Waals surface area (Å²) in [6.07, 6.45) is 3.76. The Hall–Kier alpha value is -3.77. The summed E-state index contributed by atoms with van der Waals surface area (Å²) in [6.45, 7) is 1.21. The highest BCUT2D eigenvalue weighted by Crippen LogP contribution is 2.27. The van der Waals surface area contributed by atoms with Crippen LogP contribution in [0, 0.1) is 0 Å². The third kappa shape index (κ3) is 4.31. The van der Waals surface area contributed by atoms with E-state index in [9.17, 15) is 9.59 Å². The van der Waals surface area contributed by atoms with Crippen molar-refractivity contribution in [3.63, 3.8) is 0 Å². The smallest absolute Gasteiger partial charge is 0.291 e. The average Bonchev–Trinajstić information content (AvgIpc) is 3.32. The summed E-state index contributed by atoms with van der Waals surface area (Å²) in [5, 5.41) is 3.06. The van der Waals surface area contributed by atoms with Crippen LogP contribution in [0.2, 0.25) is 0 Å². The average molecular weight is 441 g/mol. The topological polar surface area (TPSA) is 60.3 Å². The van der Waals surface area contributed by atoms with Gasteiger partial charge in [0.1, 0.15) is 12.4 Å². The van der Waals surface area contributed by atoms with Crippen LogP contribution in [0.1, 0.15) is 16.7 Å². The first kappa shape index (κ1) is 20.2. The standard InChI is InChI=1S/C26H20N2O3S/c29-25-23(27-26(30)32-25)14-20-16-28(24-9-5-4-8-22(20)24)15-18-10-12-21(13-11-18)31-17-19-6-2-1-3-7-19/h1-14,16H,15,17H2,(H,27,30). The molecule has 0 spiro atoms. The lowest BCUT2D eigenvalue weighted by Crippen LogP contribution is -2.10. The lowest BCUT2D eigenvalue weighted by Gasteiger charge is -2.09. The van der Waals surface area contributed by atoms with Gasteiger partial charge in [-0.3, -0.25) is 9.59 Å². The van der Waals surface area contributed by atoms with Gasteiger partial charge in [-0.25, -0.2) is 0 Å². The molecule has 4 aromatic rings. The summed E-state index contributed by atoms with van der Waals surface area (Å²) in [5.74, 6) is 0.827. The number of nitrogens with zero attached hydrogens (tertiary/aromatic N) is 1. The molecule has 0 radical (unpaired) electrons. The molecule has 0 bridgehead atoms. The van der Waals surface area contributed by atoms with Gasteiger partial charge in [0.25, 0.3) is 5.24 Å². The van der Waals surface area contributed by atoms with Crippen molar-refractivity contribution in [1.29, 1.82) is 0 Å². The van der Waals surface area contributed by atoms with E-state index in [2.05, 4.69) is 28.1 Å². The van der Waals surface area contributed by atoms with Gasteiger partial charge in [-0.1, -0.05) is 60.7 Å². The fourth-order valence-corrected chi connectivity index (χ4v) is 4.28. The normalized spacial score (nSPS) is 14.8. The highest BCUT2D eigenvalue weighted by Gasteiger charge is 2.25. The number of aromatic nitrogens is 1. The molecule has 0 aliphatic carbocycles. The van der Waals surface area contributed by atoms with Crippen molar-refractivity contribution < 1.29 is 14.3 Å². The number of para-hydroxylation sites is 1. The second-order valence-electron chi connectivity index (χ2n) is 7.51. The second-order valence-corrected chi connectivity index (χ2v) is 8.45. The maximum Gasteiger partial charge on any atom is 0.291 e. The molecule has 1 aliphatic heterocycles. The maximum atomic E-state index is 12.0. The van der Waals surface area contributed by atoms with Crippen molar-refractivity contribution in [3.05, 3.63) is 107 Å². The van der Waals surface area contributed by atoms with E-state index in [0.29, 0.717) is 30.6 Å². The van der Waals surface area contributed by atoms with Gasteiger partial charge in [-0.05, 0) is 35.4 Å². The van der Waals surface area contributed by atoms with Gasteiger partial charge in [-0.2, -0.15) is 0 Å². The van der Waals surface area contributed by atoms with Crippen molar-refractivity contribution in [2.45, 2.75) is 13.2 Å². The summed E-state index contributed by atoms with van der Waals surface area (Å²) in [4.78, 5) is 23.5. The molecule has 0 unspecified atom stereocenters. The number of carbonyl (C=O) groups is 2. The monoisotopic (exact) mass is 440 g/mol.